The third kappa shape index (κ3) is 2.81. The Morgan fingerprint density at radius 2 is 1.96 bits per heavy atom. The van der Waals surface area contributed by atoms with Gasteiger partial charge in [-0.1, -0.05) is 32.8 Å². The number of carboxylic acids is 1. The smallest absolute Gasteiger partial charge is 0.303 e. The molecular weight excluding hydrogens is 352 g/mol. The summed E-state index contributed by atoms with van der Waals surface area (Å²) in [4.78, 5) is 24.3. The number of aliphatic hydroxyl groups is 1. The molecule has 4 aliphatic carbocycles. The number of aliphatic hydroxyl groups excluding tert-OH is 1. The number of Topliss-reactive ketones (excluding diaryl/α,β-unsaturated/α-hetero) is 1. The maximum absolute atomic E-state index is 13.2. The van der Waals surface area contributed by atoms with Crippen LogP contribution in [0.15, 0.2) is 11.1 Å². The van der Waals surface area contributed by atoms with Crippen LogP contribution in [-0.4, -0.2) is 28.1 Å². The molecule has 4 nitrogen and oxygen atoms in total. The maximum Gasteiger partial charge on any atom is 0.303 e. The van der Waals surface area contributed by atoms with E-state index in [2.05, 4.69) is 20.8 Å². The fraction of sp³-hybridized carbons (Fsp3) is 0.833. The molecule has 3 saturated carbocycles. The minimum Gasteiger partial charge on any atom is -0.481 e. The Morgan fingerprint density at radius 3 is 2.68 bits per heavy atom. The second-order valence-electron chi connectivity index (χ2n) is 10.6. The normalized spacial score (nSPS) is 43.9. The first-order valence-corrected chi connectivity index (χ1v) is 11.4. The van der Waals surface area contributed by atoms with E-state index in [1.807, 2.05) is 0 Å². The Bertz CT molecular complexity index is 709. The molecule has 28 heavy (non-hydrogen) atoms. The summed E-state index contributed by atoms with van der Waals surface area (Å²) >= 11 is 0. The van der Waals surface area contributed by atoms with Gasteiger partial charge in [0.2, 0.25) is 0 Å². The Morgan fingerprint density at radius 1 is 1.21 bits per heavy atom. The molecule has 2 N–H and O–H groups in total. The second kappa shape index (κ2) is 6.97. The number of carbonyl (C=O) groups is 2. The number of aliphatic carboxylic acids is 1. The lowest BCUT2D eigenvalue weighted by atomic mass is 9.48. The van der Waals surface area contributed by atoms with Crippen LogP contribution >= 0.6 is 0 Å². The van der Waals surface area contributed by atoms with Crippen LogP contribution in [0.2, 0.25) is 0 Å². The third-order valence-corrected chi connectivity index (χ3v) is 9.41. The predicted octanol–water partition coefficient (Wildman–Crippen LogP) is 4.75. The second-order valence-corrected chi connectivity index (χ2v) is 10.6. The SMILES string of the molecule is C[C@H](CCC(=O)O)[C@H]1CC(=O)C2=C3CC[C@H]4CCCC(O)[C@]4(C)[C@H]3CC[C@@]21C. The molecule has 0 saturated heterocycles. The van der Waals surface area contributed by atoms with Gasteiger partial charge in [0.15, 0.2) is 5.78 Å². The molecule has 4 aliphatic rings. The number of carbonyl (C=O) groups excluding carboxylic acids is 1. The monoisotopic (exact) mass is 388 g/mol. The van der Waals surface area contributed by atoms with Crippen LogP contribution in [0.3, 0.4) is 0 Å². The molecule has 0 aromatic carbocycles. The Labute approximate surface area is 168 Å². The Hall–Kier alpha value is -1.16. The lowest BCUT2D eigenvalue weighted by Crippen LogP contribution is -2.53. The van der Waals surface area contributed by atoms with E-state index >= 15 is 0 Å². The van der Waals surface area contributed by atoms with Crippen molar-refractivity contribution in [1.82, 2.24) is 0 Å². The van der Waals surface area contributed by atoms with Gasteiger partial charge in [-0.05, 0) is 74.0 Å². The van der Waals surface area contributed by atoms with Crippen molar-refractivity contribution in [3.63, 3.8) is 0 Å². The van der Waals surface area contributed by atoms with E-state index in [4.69, 9.17) is 5.11 Å². The highest BCUT2D eigenvalue weighted by Crippen LogP contribution is 2.65. The number of hydrogen-bond donors (Lipinski definition) is 2. The molecule has 4 rings (SSSR count). The lowest BCUT2D eigenvalue weighted by Gasteiger charge is -2.57. The van der Waals surface area contributed by atoms with Crippen molar-refractivity contribution in [3.05, 3.63) is 11.1 Å². The third-order valence-electron chi connectivity index (χ3n) is 9.41. The molecule has 1 unspecified atom stereocenters. The largest absolute Gasteiger partial charge is 0.481 e. The highest BCUT2D eigenvalue weighted by Gasteiger charge is 2.59. The highest BCUT2D eigenvalue weighted by atomic mass is 16.4. The number of allylic oxidation sites excluding steroid dienone is 2. The summed E-state index contributed by atoms with van der Waals surface area (Å²) in [5, 5.41) is 20.0. The average molecular weight is 389 g/mol. The van der Waals surface area contributed by atoms with Crippen LogP contribution in [-0.2, 0) is 9.59 Å². The van der Waals surface area contributed by atoms with E-state index in [1.54, 1.807) is 0 Å². The standard InChI is InChI=1S/C24H36O4/c1-14(7-10-21(27)28)18-13-19(25)22-16-9-8-15-5-4-6-20(26)24(15,3)17(16)11-12-23(18,22)2/h14-15,17-18,20,26H,4-13H2,1-3H3,(H,27,28)/t14-,15-,17+,18-,20?,23-,24+/m1/s1. The van der Waals surface area contributed by atoms with Crippen molar-refractivity contribution in [1.29, 1.82) is 0 Å². The van der Waals surface area contributed by atoms with Crippen LogP contribution in [0.1, 0.15) is 85.0 Å². The van der Waals surface area contributed by atoms with Crippen molar-refractivity contribution in [2.45, 2.75) is 91.1 Å². The lowest BCUT2D eigenvalue weighted by molar-refractivity contribution is -0.137. The predicted molar refractivity (Wildman–Crippen MR) is 108 cm³/mol. The summed E-state index contributed by atoms with van der Waals surface area (Å²) in [5.74, 6) is 0.984. The maximum atomic E-state index is 13.2. The van der Waals surface area contributed by atoms with E-state index in [0.29, 0.717) is 30.5 Å². The summed E-state index contributed by atoms with van der Waals surface area (Å²) in [6, 6.07) is 0. The fourth-order valence-electron chi connectivity index (χ4n) is 7.80. The molecule has 156 valence electrons. The number of fused-ring (bicyclic) bond motifs is 4. The summed E-state index contributed by atoms with van der Waals surface area (Å²) in [6.07, 6.45) is 8.57. The van der Waals surface area contributed by atoms with Gasteiger partial charge in [-0.25, -0.2) is 0 Å². The van der Waals surface area contributed by atoms with Gasteiger partial charge in [-0.2, -0.15) is 0 Å². The van der Waals surface area contributed by atoms with Crippen molar-refractivity contribution in [2.75, 3.05) is 0 Å². The number of carboxylic acid groups (broad SMARTS) is 1. The molecular formula is C24H36O4. The molecule has 3 fully saturated rings. The number of rotatable bonds is 4. The van der Waals surface area contributed by atoms with Crippen LogP contribution in [0.25, 0.3) is 0 Å². The number of ketones is 1. The first kappa shape index (κ1) is 20.1. The van der Waals surface area contributed by atoms with Gasteiger partial charge in [0, 0.05) is 23.8 Å². The zero-order chi connectivity index (χ0) is 20.3. The summed E-state index contributed by atoms with van der Waals surface area (Å²) in [6.45, 7) is 6.69. The van der Waals surface area contributed by atoms with Crippen LogP contribution in [0.5, 0.6) is 0 Å². The fourth-order valence-corrected chi connectivity index (χ4v) is 7.80. The van der Waals surface area contributed by atoms with E-state index in [9.17, 15) is 14.7 Å². The van der Waals surface area contributed by atoms with Crippen molar-refractivity contribution >= 4 is 11.8 Å². The van der Waals surface area contributed by atoms with Gasteiger partial charge in [0.05, 0.1) is 6.10 Å². The Balaban J connectivity index is 1.68. The van der Waals surface area contributed by atoms with Gasteiger partial charge >= 0.3 is 5.97 Å². The van der Waals surface area contributed by atoms with Gasteiger partial charge in [0.1, 0.15) is 0 Å². The zero-order valence-electron chi connectivity index (χ0n) is 17.7. The van der Waals surface area contributed by atoms with E-state index in [-0.39, 0.29) is 35.2 Å². The van der Waals surface area contributed by atoms with Crippen LogP contribution in [0.4, 0.5) is 0 Å². The zero-order valence-corrected chi connectivity index (χ0v) is 17.7. The van der Waals surface area contributed by atoms with Crippen molar-refractivity contribution < 1.29 is 19.8 Å². The molecule has 0 amide bonds. The summed E-state index contributed by atoms with van der Waals surface area (Å²) in [5.41, 5.74) is 2.27. The molecule has 4 heteroatoms. The Kier molecular flexibility index (Phi) is 5.01. The van der Waals surface area contributed by atoms with E-state index < -0.39 is 5.97 Å². The molecule has 0 aliphatic heterocycles. The quantitative estimate of drug-likeness (QED) is 0.729. The van der Waals surface area contributed by atoms with E-state index in [1.165, 1.54) is 12.0 Å². The van der Waals surface area contributed by atoms with Crippen molar-refractivity contribution in [2.24, 2.45) is 34.5 Å². The summed E-state index contributed by atoms with van der Waals surface area (Å²) in [7, 11) is 0. The molecule has 7 atom stereocenters. The van der Waals surface area contributed by atoms with Crippen LogP contribution in [0, 0.1) is 34.5 Å². The average Bonchev–Trinajstić information content (AvgIpc) is 2.92. The number of hydrogen-bond acceptors (Lipinski definition) is 3. The summed E-state index contributed by atoms with van der Waals surface area (Å²) < 4.78 is 0. The topological polar surface area (TPSA) is 74.6 Å². The first-order valence-electron chi connectivity index (χ1n) is 11.4. The molecule has 0 bridgehead atoms. The first-order chi connectivity index (χ1) is 13.2. The van der Waals surface area contributed by atoms with Crippen LogP contribution < -0.4 is 0 Å². The van der Waals surface area contributed by atoms with Gasteiger partial charge in [-0.3, -0.25) is 9.59 Å². The van der Waals surface area contributed by atoms with Gasteiger partial charge in [-0.15, -0.1) is 0 Å². The highest BCUT2D eigenvalue weighted by molar-refractivity contribution is 6.00. The van der Waals surface area contributed by atoms with E-state index in [0.717, 1.165) is 44.1 Å². The minimum atomic E-state index is -0.749. The van der Waals surface area contributed by atoms with Crippen molar-refractivity contribution in [3.8, 4) is 0 Å². The molecule has 0 heterocycles. The van der Waals surface area contributed by atoms with Gasteiger partial charge in [0.25, 0.3) is 0 Å². The molecule has 0 aromatic rings. The molecule has 0 radical (unpaired) electrons. The molecule has 0 spiro atoms. The minimum absolute atomic E-state index is 0.0759. The van der Waals surface area contributed by atoms with Gasteiger partial charge < -0.3 is 10.2 Å². The molecule has 0 aromatic heterocycles.